The molecule has 0 saturated carbocycles. The van der Waals surface area contributed by atoms with Gasteiger partial charge in [-0.3, -0.25) is 9.36 Å². The number of aromatic nitrogens is 2. The number of benzene rings is 2. The molecule has 0 fully saturated rings. The van der Waals surface area contributed by atoms with Crippen LogP contribution in [-0.2, 0) is 11.3 Å². The first-order chi connectivity index (χ1) is 12.9. The molecule has 0 radical (unpaired) electrons. The quantitative estimate of drug-likeness (QED) is 0.352. The van der Waals surface area contributed by atoms with Gasteiger partial charge in [-0.1, -0.05) is 46.9 Å². The van der Waals surface area contributed by atoms with Gasteiger partial charge in [0, 0.05) is 10.4 Å². The predicted octanol–water partition coefficient (Wildman–Crippen LogP) is 4.71. The van der Waals surface area contributed by atoms with Crippen LogP contribution in [-0.4, -0.2) is 15.5 Å². The number of ether oxygens (including phenoxy) is 1. The van der Waals surface area contributed by atoms with Gasteiger partial charge in [-0.05, 0) is 24.3 Å². The van der Waals surface area contributed by atoms with E-state index in [2.05, 4.69) is 4.98 Å². The molecule has 2 heterocycles. The van der Waals surface area contributed by atoms with E-state index in [0.29, 0.717) is 16.1 Å². The summed E-state index contributed by atoms with van der Waals surface area (Å²) in [5.74, 6) is -0.779. The van der Waals surface area contributed by atoms with E-state index in [4.69, 9.17) is 44.0 Å². The Balaban J connectivity index is 1.66. The molecule has 0 saturated heterocycles. The maximum atomic E-state index is 12.6. The van der Waals surface area contributed by atoms with Crippen molar-refractivity contribution >= 4 is 62.8 Å². The molecule has 9 heteroatoms. The maximum Gasteiger partial charge on any atom is 0.331 e. The number of rotatable bonds is 3. The summed E-state index contributed by atoms with van der Waals surface area (Å²) in [5.41, 5.74) is 0.539. The predicted molar refractivity (Wildman–Crippen MR) is 103 cm³/mol. The van der Waals surface area contributed by atoms with Gasteiger partial charge in [0.05, 0.1) is 16.4 Å². The summed E-state index contributed by atoms with van der Waals surface area (Å²) < 4.78 is 11.8. The highest BCUT2D eigenvalue weighted by molar-refractivity contribution is 6.40. The first kappa shape index (κ1) is 17.9. The van der Waals surface area contributed by atoms with Gasteiger partial charge >= 0.3 is 5.97 Å². The van der Waals surface area contributed by atoms with Gasteiger partial charge in [0.15, 0.2) is 5.75 Å². The Kier molecular flexibility index (Phi) is 4.55. The Morgan fingerprint density at radius 1 is 1.15 bits per heavy atom. The number of hydrogen-bond acceptors (Lipinski definition) is 5. The standard InChI is InChI=1S/C18H9Cl3N2O4/c19-9-5-11(20)16(12(21)6-9)27-14(24)7-23-8-22-15-10-3-1-2-4-13(10)26-17(15)18(23)25/h1-6,8H,7H2. The van der Waals surface area contributed by atoms with E-state index in [1.54, 1.807) is 18.2 Å². The molecule has 0 bridgehead atoms. The van der Waals surface area contributed by atoms with Crippen molar-refractivity contribution in [3.63, 3.8) is 0 Å². The average molecular weight is 424 g/mol. The van der Waals surface area contributed by atoms with E-state index in [9.17, 15) is 9.59 Å². The Labute approximate surface area is 166 Å². The van der Waals surface area contributed by atoms with Crippen molar-refractivity contribution < 1.29 is 13.9 Å². The summed E-state index contributed by atoms with van der Waals surface area (Å²) in [7, 11) is 0. The van der Waals surface area contributed by atoms with Crippen molar-refractivity contribution in [2.75, 3.05) is 0 Å². The zero-order valence-electron chi connectivity index (χ0n) is 13.4. The number of esters is 1. The number of carbonyl (C=O) groups is 1. The van der Waals surface area contributed by atoms with Crippen molar-refractivity contribution in [2.24, 2.45) is 0 Å². The minimum atomic E-state index is -0.750. The largest absolute Gasteiger partial charge is 0.448 e. The van der Waals surface area contributed by atoms with E-state index < -0.39 is 18.1 Å². The fraction of sp³-hybridized carbons (Fsp3) is 0.0556. The lowest BCUT2D eigenvalue weighted by Gasteiger charge is -2.09. The van der Waals surface area contributed by atoms with E-state index in [1.807, 2.05) is 6.07 Å². The molecule has 0 amide bonds. The molecular formula is C18H9Cl3N2O4. The van der Waals surface area contributed by atoms with Crippen LogP contribution < -0.4 is 10.3 Å². The molecule has 6 nitrogen and oxygen atoms in total. The van der Waals surface area contributed by atoms with Crippen LogP contribution >= 0.6 is 34.8 Å². The molecule has 2 aromatic heterocycles. The lowest BCUT2D eigenvalue weighted by Crippen LogP contribution is -2.26. The van der Waals surface area contributed by atoms with Crippen LogP contribution in [0.3, 0.4) is 0 Å². The van der Waals surface area contributed by atoms with Crippen LogP contribution in [0.25, 0.3) is 22.1 Å². The monoisotopic (exact) mass is 422 g/mol. The normalized spacial score (nSPS) is 11.2. The van der Waals surface area contributed by atoms with Crippen LogP contribution in [0.5, 0.6) is 5.75 Å². The van der Waals surface area contributed by atoms with E-state index in [0.717, 1.165) is 9.95 Å². The highest BCUT2D eigenvalue weighted by Gasteiger charge is 2.17. The van der Waals surface area contributed by atoms with Crippen molar-refractivity contribution in [3.8, 4) is 5.75 Å². The second-order valence-electron chi connectivity index (χ2n) is 5.63. The van der Waals surface area contributed by atoms with Crippen LogP contribution in [0.4, 0.5) is 0 Å². The molecule has 0 unspecified atom stereocenters. The molecule has 0 N–H and O–H groups in total. The second-order valence-corrected chi connectivity index (χ2v) is 6.88. The fourth-order valence-electron chi connectivity index (χ4n) is 2.64. The first-order valence-corrected chi connectivity index (χ1v) is 8.79. The van der Waals surface area contributed by atoms with Gasteiger partial charge in [0.25, 0.3) is 5.56 Å². The maximum absolute atomic E-state index is 12.6. The van der Waals surface area contributed by atoms with Crippen LogP contribution in [0.2, 0.25) is 15.1 Å². The molecule has 0 aliphatic rings. The number of hydrogen-bond donors (Lipinski definition) is 0. The fourth-order valence-corrected chi connectivity index (χ4v) is 3.53. The van der Waals surface area contributed by atoms with Gasteiger partial charge < -0.3 is 9.15 Å². The summed E-state index contributed by atoms with van der Waals surface area (Å²) in [6, 6.07) is 9.94. The number of halogens is 3. The number of nitrogens with zero attached hydrogens (tertiary/aromatic N) is 2. The molecule has 136 valence electrons. The minimum Gasteiger partial charge on any atom is -0.448 e. The Bertz CT molecular complexity index is 1240. The lowest BCUT2D eigenvalue weighted by molar-refractivity contribution is -0.135. The zero-order chi connectivity index (χ0) is 19.1. The SMILES string of the molecule is O=C(Cn1cnc2c(oc3ccccc32)c1=O)Oc1c(Cl)cc(Cl)cc1Cl. The molecule has 0 aliphatic heterocycles. The highest BCUT2D eigenvalue weighted by atomic mass is 35.5. The van der Waals surface area contributed by atoms with Gasteiger partial charge in [-0.15, -0.1) is 0 Å². The molecule has 4 rings (SSSR count). The second kappa shape index (κ2) is 6.88. The third kappa shape index (κ3) is 3.27. The van der Waals surface area contributed by atoms with Crippen LogP contribution in [0.15, 0.2) is 51.9 Å². The lowest BCUT2D eigenvalue weighted by atomic mass is 10.2. The zero-order valence-corrected chi connectivity index (χ0v) is 15.7. The molecule has 27 heavy (non-hydrogen) atoms. The van der Waals surface area contributed by atoms with Gasteiger partial charge in [-0.2, -0.15) is 0 Å². The third-order valence-corrected chi connectivity index (χ3v) is 4.61. The van der Waals surface area contributed by atoms with Crippen molar-refractivity contribution in [1.29, 1.82) is 0 Å². The topological polar surface area (TPSA) is 74.3 Å². The Morgan fingerprint density at radius 2 is 1.85 bits per heavy atom. The summed E-state index contributed by atoms with van der Waals surface area (Å²) in [6.07, 6.45) is 1.26. The van der Waals surface area contributed by atoms with Crippen molar-refractivity contribution in [3.05, 3.63) is 68.1 Å². The number of furan rings is 1. The summed E-state index contributed by atoms with van der Waals surface area (Å²) in [5, 5.41) is 1.19. The molecule has 0 atom stereocenters. The third-order valence-electron chi connectivity index (χ3n) is 3.83. The smallest absolute Gasteiger partial charge is 0.331 e. The first-order valence-electron chi connectivity index (χ1n) is 7.66. The molecule has 0 spiro atoms. The Morgan fingerprint density at radius 3 is 2.59 bits per heavy atom. The van der Waals surface area contributed by atoms with Gasteiger partial charge in [0.2, 0.25) is 5.58 Å². The van der Waals surface area contributed by atoms with E-state index in [-0.39, 0.29) is 21.4 Å². The van der Waals surface area contributed by atoms with E-state index >= 15 is 0 Å². The van der Waals surface area contributed by atoms with Crippen LogP contribution in [0.1, 0.15) is 0 Å². The molecular weight excluding hydrogens is 415 g/mol. The minimum absolute atomic E-state index is 0.0291. The highest BCUT2D eigenvalue weighted by Crippen LogP contribution is 2.35. The number of fused-ring (bicyclic) bond motifs is 3. The molecule has 0 aliphatic carbocycles. The number of carbonyl (C=O) groups excluding carboxylic acids is 1. The van der Waals surface area contributed by atoms with Gasteiger partial charge in [-0.25, -0.2) is 9.78 Å². The number of para-hydroxylation sites is 1. The molecule has 2 aromatic carbocycles. The van der Waals surface area contributed by atoms with E-state index in [1.165, 1.54) is 18.5 Å². The van der Waals surface area contributed by atoms with Gasteiger partial charge in [0.1, 0.15) is 17.6 Å². The van der Waals surface area contributed by atoms with Crippen LogP contribution in [0, 0.1) is 0 Å². The molecule has 4 aromatic rings. The summed E-state index contributed by atoms with van der Waals surface area (Å²) >= 11 is 17.8. The van der Waals surface area contributed by atoms with Crippen molar-refractivity contribution in [2.45, 2.75) is 6.54 Å². The Hall–Kier alpha value is -2.54. The summed E-state index contributed by atoms with van der Waals surface area (Å²) in [6.45, 7) is -0.395. The van der Waals surface area contributed by atoms with Crippen molar-refractivity contribution in [1.82, 2.24) is 9.55 Å². The average Bonchev–Trinajstić information content (AvgIpc) is 3.00. The summed E-state index contributed by atoms with van der Waals surface area (Å²) in [4.78, 5) is 29.1.